The molecule has 2 nitrogen and oxygen atoms in total. The van der Waals surface area contributed by atoms with Crippen molar-refractivity contribution in [1.82, 2.24) is 0 Å². The van der Waals surface area contributed by atoms with E-state index in [1.165, 1.54) is 19.3 Å². The molecule has 2 rings (SSSR count). The minimum atomic E-state index is 0.543. The summed E-state index contributed by atoms with van der Waals surface area (Å²) < 4.78 is 0. The molecule has 1 aromatic carbocycles. The van der Waals surface area contributed by atoms with Gasteiger partial charge in [0.1, 0.15) is 0 Å². The van der Waals surface area contributed by atoms with E-state index in [2.05, 4.69) is 24.4 Å². The molecule has 84 valence electrons. The number of anilines is 1. The number of nitriles is 1. The third-order valence-electron chi connectivity index (χ3n) is 3.60. The van der Waals surface area contributed by atoms with Crippen LogP contribution in [0.5, 0.6) is 0 Å². The van der Waals surface area contributed by atoms with E-state index in [0.29, 0.717) is 6.04 Å². The van der Waals surface area contributed by atoms with E-state index in [9.17, 15) is 0 Å². The quantitative estimate of drug-likeness (QED) is 0.836. The number of nitrogens with zero attached hydrogens (tertiary/aromatic N) is 1. The number of hydrogen-bond donors (Lipinski definition) is 1. The van der Waals surface area contributed by atoms with Gasteiger partial charge < -0.3 is 5.32 Å². The zero-order valence-corrected chi connectivity index (χ0v) is 9.96. The van der Waals surface area contributed by atoms with Gasteiger partial charge in [0, 0.05) is 11.7 Å². The molecule has 1 N–H and O–H groups in total. The van der Waals surface area contributed by atoms with Crippen LogP contribution in [0.1, 0.15) is 37.3 Å². The molecule has 1 aliphatic carbocycles. The largest absolute Gasteiger partial charge is 0.382 e. The van der Waals surface area contributed by atoms with Gasteiger partial charge in [-0.05, 0) is 56.4 Å². The fraction of sp³-hybridized carbons (Fsp3) is 0.500. The maximum atomic E-state index is 8.86. The maximum Gasteiger partial charge on any atom is 0.0994 e. The highest BCUT2D eigenvalue weighted by molar-refractivity contribution is 5.52. The van der Waals surface area contributed by atoms with Gasteiger partial charge in [0.25, 0.3) is 0 Å². The first-order valence-electron chi connectivity index (χ1n) is 5.98. The molecule has 0 bridgehead atoms. The molecule has 0 saturated heterocycles. The van der Waals surface area contributed by atoms with Crippen LogP contribution in [0.15, 0.2) is 18.2 Å². The van der Waals surface area contributed by atoms with E-state index in [0.717, 1.165) is 22.7 Å². The van der Waals surface area contributed by atoms with Gasteiger partial charge in [0.05, 0.1) is 11.6 Å². The highest BCUT2D eigenvalue weighted by Crippen LogP contribution is 2.31. The molecule has 1 unspecified atom stereocenters. The van der Waals surface area contributed by atoms with Gasteiger partial charge in [-0.1, -0.05) is 6.42 Å². The van der Waals surface area contributed by atoms with E-state index in [4.69, 9.17) is 5.26 Å². The van der Waals surface area contributed by atoms with Crippen LogP contribution in [0, 0.1) is 24.2 Å². The maximum absolute atomic E-state index is 8.86. The van der Waals surface area contributed by atoms with Crippen LogP contribution >= 0.6 is 0 Å². The van der Waals surface area contributed by atoms with Crippen molar-refractivity contribution in [2.75, 3.05) is 5.32 Å². The molecule has 0 aromatic heterocycles. The van der Waals surface area contributed by atoms with Crippen molar-refractivity contribution in [1.29, 1.82) is 5.26 Å². The highest BCUT2D eigenvalue weighted by Gasteiger charge is 2.23. The Bertz CT molecular complexity index is 413. The van der Waals surface area contributed by atoms with Crippen molar-refractivity contribution in [2.45, 2.75) is 39.2 Å². The molecular formula is C14H18N2. The van der Waals surface area contributed by atoms with Crippen LogP contribution in [0.25, 0.3) is 0 Å². The van der Waals surface area contributed by atoms with E-state index in [-0.39, 0.29) is 0 Å². The van der Waals surface area contributed by atoms with Crippen molar-refractivity contribution in [2.24, 2.45) is 5.92 Å². The molecule has 0 amide bonds. The number of aryl methyl sites for hydroxylation is 1. The Balaban J connectivity index is 2.04. The smallest absolute Gasteiger partial charge is 0.0994 e. The molecule has 1 fully saturated rings. The average Bonchev–Trinajstić information content (AvgIpc) is 2.15. The van der Waals surface area contributed by atoms with E-state index in [1.54, 1.807) is 0 Å². The van der Waals surface area contributed by atoms with E-state index in [1.807, 2.05) is 19.1 Å². The van der Waals surface area contributed by atoms with E-state index >= 15 is 0 Å². The lowest BCUT2D eigenvalue weighted by molar-refractivity contribution is 0.285. The molecule has 1 aromatic rings. The Morgan fingerprint density at radius 2 is 2.19 bits per heavy atom. The lowest BCUT2D eigenvalue weighted by Crippen LogP contribution is -2.30. The van der Waals surface area contributed by atoms with Crippen LogP contribution in [-0.2, 0) is 0 Å². The zero-order chi connectivity index (χ0) is 11.5. The third-order valence-corrected chi connectivity index (χ3v) is 3.60. The first-order valence-corrected chi connectivity index (χ1v) is 5.98. The number of rotatable bonds is 3. The summed E-state index contributed by atoms with van der Waals surface area (Å²) in [5.74, 6) is 0.830. The normalized spacial score (nSPS) is 17.3. The number of nitrogens with one attached hydrogen (secondary N) is 1. The Morgan fingerprint density at radius 1 is 1.44 bits per heavy atom. The van der Waals surface area contributed by atoms with Gasteiger partial charge in [-0.3, -0.25) is 0 Å². The monoisotopic (exact) mass is 214 g/mol. The van der Waals surface area contributed by atoms with Crippen molar-refractivity contribution in [3.05, 3.63) is 29.3 Å². The lowest BCUT2D eigenvalue weighted by atomic mass is 9.80. The van der Waals surface area contributed by atoms with Gasteiger partial charge in [0.2, 0.25) is 0 Å². The molecule has 0 heterocycles. The standard InChI is InChI=1S/C14H18N2/c1-10-8-14(7-6-13(10)9-15)16-11(2)12-4-3-5-12/h6-8,11-12,16H,3-5H2,1-2H3. The van der Waals surface area contributed by atoms with Crippen molar-refractivity contribution >= 4 is 5.69 Å². The average molecular weight is 214 g/mol. The molecule has 0 radical (unpaired) electrons. The van der Waals surface area contributed by atoms with Crippen LogP contribution < -0.4 is 5.32 Å². The minimum Gasteiger partial charge on any atom is -0.382 e. The Hall–Kier alpha value is -1.49. The Labute approximate surface area is 97.3 Å². The summed E-state index contributed by atoms with van der Waals surface area (Å²) in [7, 11) is 0. The molecule has 1 aliphatic rings. The topological polar surface area (TPSA) is 35.8 Å². The number of hydrogen-bond acceptors (Lipinski definition) is 2. The predicted molar refractivity (Wildman–Crippen MR) is 66.3 cm³/mol. The van der Waals surface area contributed by atoms with Crippen LogP contribution in [-0.4, -0.2) is 6.04 Å². The van der Waals surface area contributed by atoms with Gasteiger partial charge in [-0.25, -0.2) is 0 Å². The van der Waals surface area contributed by atoms with Gasteiger partial charge in [-0.2, -0.15) is 5.26 Å². The van der Waals surface area contributed by atoms with E-state index < -0.39 is 0 Å². The molecule has 1 atom stereocenters. The highest BCUT2D eigenvalue weighted by atomic mass is 14.9. The summed E-state index contributed by atoms with van der Waals surface area (Å²) in [4.78, 5) is 0. The minimum absolute atomic E-state index is 0.543. The molecule has 0 aliphatic heterocycles. The summed E-state index contributed by atoms with van der Waals surface area (Å²) >= 11 is 0. The second-order valence-corrected chi connectivity index (χ2v) is 4.77. The van der Waals surface area contributed by atoms with Crippen molar-refractivity contribution < 1.29 is 0 Å². The van der Waals surface area contributed by atoms with Crippen LogP contribution in [0.4, 0.5) is 5.69 Å². The van der Waals surface area contributed by atoms with Gasteiger partial charge >= 0.3 is 0 Å². The summed E-state index contributed by atoms with van der Waals surface area (Å²) in [6.07, 6.45) is 4.08. The van der Waals surface area contributed by atoms with Crippen molar-refractivity contribution in [3.63, 3.8) is 0 Å². The molecule has 1 saturated carbocycles. The molecule has 0 spiro atoms. The fourth-order valence-electron chi connectivity index (χ4n) is 2.20. The summed E-state index contributed by atoms with van der Waals surface area (Å²) in [6.45, 7) is 4.23. The first-order chi connectivity index (χ1) is 7.70. The Kier molecular flexibility index (Phi) is 3.14. The summed E-state index contributed by atoms with van der Waals surface area (Å²) in [5, 5.41) is 12.4. The van der Waals surface area contributed by atoms with Crippen LogP contribution in [0.2, 0.25) is 0 Å². The SMILES string of the molecule is Cc1cc(NC(C)C2CCC2)ccc1C#N. The second kappa shape index (κ2) is 4.57. The number of benzene rings is 1. The summed E-state index contributed by atoms with van der Waals surface area (Å²) in [5.41, 5.74) is 2.95. The predicted octanol–water partition coefficient (Wildman–Crippen LogP) is 3.47. The Morgan fingerprint density at radius 3 is 2.69 bits per heavy atom. The molecule has 2 heteroatoms. The molecular weight excluding hydrogens is 196 g/mol. The van der Waals surface area contributed by atoms with Gasteiger partial charge in [-0.15, -0.1) is 0 Å². The third kappa shape index (κ3) is 2.19. The zero-order valence-electron chi connectivity index (χ0n) is 9.96. The second-order valence-electron chi connectivity index (χ2n) is 4.77. The summed E-state index contributed by atoms with van der Waals surface area (Å²) in [6, 6.07) is 8.69. The van der Waals surface area contributed by atoms with Crippen LogP contribution in [0.3, 0.4) is 0 Å². The van der Waals surface area contributed by atoms with Gasteiger partial charge in [0.15, 0.2) is 0 Å². The van der Waals surface area contributed by atoms with Crippen molar-refractivity contribution in [3.8, 4) is 6.07 Å². The molecule has 16 heavy (non-hydrogen) atoms. The first kappa shape index (κ1) is 11.0. The fourth-order valence-corrected chi connectivity index (χ4v) is 2.20. The lowest BCUT2D eigenvalue weighted by Gasteiger charge is -2.32.